The summed E-state index contributed by atoms with van der Waals surface area (Å²) in [6.45, 7) is 3.62. The molecule has 2 atom stereocenters. The molecule has 0 amide bonds. The molecular formula is C15H25NS. The molecule has 1 N–H and O–H groups in total. The average molecular weight is 251 g/mol. The summed E-state index contributed by atoms with van der Waals surface area (Å²) in [6, 6.07) is 0.845. The second-order valence-electron chi connectivity index (χ2n) is 7.38. The van der Waals surface area contributed by atoms with Crippen molar-refractivity contribution in [2.75, 3.05) is 12.3 Å². The highest BCUT2D eigenvalue weighted by molar-refractivity contribution is 8.00. The van der Waals surface area contributed by atoms with Crippen LogP contribution in [-0.2, 0) is 0 Å². The molecule has 1 saturated heterocycles. The van der Waals surface area contributed by atoms with Gasteiger partial charge in [-0.1, -0.05) is 6.92 Å². The molecule has 5 fully saturated rings. The molecule has 1 heterocycles. The van der Waals surface area contributed by atoms with E-state index in [9.17, 15) is 0 Å². The Morgan fingerprint density at radius 2 is 1.59 bits per heavy atom. The molecule has 5 aliphatic rings. The number of rotatable bonds is 1. The molecule has 1 nitrogen and oxygen atoms in total. The van der Waals surface area contributed by atoms with Gasteiger partial charge in [0.15, 0.2) is 0 Å². The van der Waals surface area contributed by atoms with Crippen molar-refractivity contribution in [3.63, 3.8) is 0 Å². The van der Waals surface area contributed by atoms with Crippen molar-refractivity contribution in [2.45, 2.75) is 56.7 Å². The quantitative estimate of drug-likeness (QED) is 0.767. The molecule has 17 heavy (non-hydrogen) atoms. The fraction of sp³-hybridized carbons (Fsp3) is 1.00. The van der Waals surface area contributed by atoms with Crippen molar-refractivity contribution in [1.29, 1.82) is 0 Å². The predicted octanol–water partition coefficient (Wildman–Crippen LogP) is 3.30. The van der Waals surface area contributed by atoms with Crippen LogP contribution in [0.3, 0.4) is 0 Å². The molecule has 0 radical (unpaired) electrons. The number of nitrogens with one attached hydrogen (secondary N) is 1. The summed E-state index contributed by atoms with van der Waals surface area (Å²) in [6.07, 6.45) is 9.42. The van der Waals surface area contributed by atoms with E-state index in [1.165, 1.54) is 12.3 Å². The van der Waals surface area contributed by atoms with Crippen LogP contribution in [0.1, 0.15) is 45.4 Å². The minimum absolute atomic E-state index is 0.724. The zero-order chi connectivity index (χ0) is 11.5. The summed E-state index contributed by atoms with van der Waals surface area (Å²) in [5, 5.41) is 4.74. The van der Waals surface area contributed by atoms with E-state index < -0.39 is 0 Å². The van der Waals surface area contributed by atoms with Gasteiger partial charge in [-0.25, -0.2) is 0 Å². The Morgan fingerprint density at radius 3 is 2.06 bits per heavy atom. The van der Waals surface area contributed by atoms with Crippen molar-refractivity contribution < 1.29 is 0 Å². The van der Waals surface area contributed by atoms with E-state index >= 15 is 0 Å². The molecule has 4 aliphatic carbocycles. The Morgan fingerprint density at radius 1 is 1.00 bits per heavy atom. The lowest BCUT2D eigenvalue weighted by atomic mass is 9.48. The van der Waals surface area contributed by atoms with Gasteiger partial charge in [0, 0.05) is 23.6 Å². The van der Waals surface area contributed by atoms with Gasteiger partial charge in [0.2, 0.25) is 0 Å². The lowest BCUT2D eigenvalue weighted by Gasteiger charge is -2.60. The van der Waals surface area contributed by atoms with Gasteiger partial charge in [-0.2, -0.15) is 11.8 Å². The number of thioether (sulfide) groups is 1. The lowest BCUT2D eigenvalue weighted by molar-refractivity contribution is -0.0698. The summed E-state index contributed by atoms with van der Waals surface area (Å²) in [5.74, 6) is 4.69. The first kappa shape index (κ1) is 11.2. The summed E-state index contributed by atoms with van der Waals surface area (Å²) in [4.78, 5) is 0. The van der Waals surface area contributed by atoms with Crippen LogP contribution in [0, 0.1) is 23.2 Å². The van der Waals surface area contributed by atoms with Gasteiger partial charge in [0.25, 0.3) is 0 Å². The Labute approximate surface area is 109 Å². The van der Waals surface area contributed by atoms with Crippen LogP contribution in [0.4, 0.5) is 0 Å². The Kier molecular flexibility index (Phi) is 2.56. The van der Waals surface area contributed by atoms with E-state index in [1.54, 1.807) is 38.5 Å². The maximum atomic E-state index is 3.91. The van der Waals surface area contributed by atoms with Gasteiger partial charge >= 0.3 is 0 Å². The maximum Gasteiger partial charge on any atom is 0.0215 e. The fourth-order valence-electron chi connectivity index (χ4n) is 5.68. The van der Waals surface area contributed by atoms with E-state index in [2.05, 4.69) is 24.0 Å². The first-order valence-corrected chi connectivity index (χ1v) is 8.63. The van der Waals surface area contributed by atoms with E-state index in [-0.39, 0.29) is 0 Å². The monoisotopic (exact) mass is 251 g/mol. The van der Waals surface area contributed by atoms with Crippen LogP contribution in [0.15, 0.2) is 0 Å². The van der Waals surface area contributed by atoms with Crippen molar-refractivity contribution in [3.05, 3.63) is 0 Å². The summed E-state index contributed by atoms with van der Waals surface area (Å²) < 4.78 is 0. The Hall–Kier alpha value is 0.310. The molecule has 96 valence electrons. The molecule has 2 unspecified atom stereocenters. The summed E-state index contributed by atoms with van der Waals surface area (Å²) >= 11 is 2.21. The molecular weight excluding hydrogens is 226 g/mol. The van der Waals surface area contributed by atoms with E-state index in [0.29, 0.717) is 0 Å². The van der Waals surface area contributed by atoms with Gasteiger partial charge in [-0.15, -0.1) is 0 Å². The smallest absolute Gasteiger partial charge is 0.0215 e. The van der Waals surface area contributed by atoms with Crippen molar-refractivity contribution in [3.8, 4) is 0 Å². The highest BCUT2D eigenvalue weighted by Crippen LogP contribution is 2.61. The average Bonchev–Trinajstić information content (AvgIpc) is 2.27. The predicted molar refractivity (Wildman–Crippen MR) is 74.3 cm³/mol. The molecule has 5 rings (SSSR count). The van der Waals surface area contributed by atoms with Crippen LogP contribution >= 0.6 is 11.8 Å². The van der Waals surface area contributed by atoms with Gasteiger partial charge in [-0.3, -0.25) is 0 Å². The van der Waals surface area contributed by atoms with Crippen LogP contribution in [0.5, 0.6) is 0 Å². The second-order valence-corrected chi connectivity index (χ2v) is 8.86. The molecule has 4 saturated carbocycles. The van der Waals surface area contributed by atoms with Crippen LogP contribution in [-0.4, -0.2) is 23.6 Å². The number of hydrogen-bond donors (Lipinski definition) is 1. The summed E-state index contributed by atoms with van der Waals surface area (Å²) in [5.41, 5.74) is 0.724. The Balaban J connectivity index is 1.56. The van der Waals surface area contributed by atoms with Crippen LogP contribution in [0.2, 0.25) is 0 Å². The van der Waals surface area contributed by atoms with Crippen LogP contribution in [0.25, 0.3) is 0 Å². The standard InChI is InChI=1S/C15H25NS/c1-10-8-16-14(9-17-10)15-5-11-2-12(6-15)4-13(3-11)7-15/h10-14,16H,2-9H2,1H3. The highest BCUT2D eigenvalue weighted by Gasteiger charge is 2.54. The zero-order valence-electron chi connectivity index (χ0n) is 11.0. The largest absolute Gasteiger partial charge is 0.312 e. The number of hydrogen-bond acceptors (Lipinski definition) is 2. The first-order chi connectivity index (χ1) is 8.23. The third kappa shape index (κ3) is 1.78. The van der Waals surface area contributed by atoms with Crippen molar-refractivity contribution >= 4 is 11.8 Å². The highest BCUT2D eigenvalue weighted by atomic mass is 32.2. The van der Waals surface area contributed by atoms with E-state index in [4.69, 9.17) is 0 Å². The van der Waals surface area contributed by atoms with Gasteiger partial charge in [0.1, 0.15) is 0 Å². The van der Waals surface area contributed by atoms with Gasteiger partial charge in [0.05, 0.1) is 0 Å². The first-order valence-electron chi connectivity index (χ1n) is 7.58. The normalized spacial score (nSPS) is 57.4. The molecule has 0 aromatic heterocycles. The molecule has 4 bridgehead atoms. The second kappa shape index (κ2) is 3.90. The van der Waals surface area contributed by atoms with Crippen molar-refractivity contribution in [2.24, 2.45) is 23.2 Å². The molecule has 0 aromatic carbocycles. The maximum absolute atomic E-state index is 3.91. The molecule has 0 spiro atoms. The van der Waals surface area contributed by atoms with Gasteiger partial charge in [-0.05, 0) is 61.7 Å². The van der Waals surface area contributed by atoms with E-state index in [0.717, 1.165) is 34.5 Å². The fourth-order valence-corrected chi connectivity index (χ4v) is 6.89. The van der Waals surface area contributed by atoms with Gasteiger partial charge < -0.3 is 5.32 Å². The topological polar surface area (TPSA) is 12.0 Å². The SMILES string of the molecule is CC1CNC(C23CC4CC(CC(C4)C2)C3)CS1. The molecule has 2 heteroatoms. The minimum Gasteiger partial charge on any atom is -0.312 e. The third-order valence-electron chi connectivity index (χ3n) is 6.02. The minimum atomic E-state index is 0.724. The molecule has 0 aromatic rings. The third-order valence-corrected chi connectivity index (χ3v) is 7.29. The summed E-state index contributed by atoms with van der Waals surface area (Å²) in [7, 11) is 0. The van der Waals surface area contributed by atoms with Crippen molar-refractivity contribution in [1.82, 2.24) is 5.32 Å². The zero-order valence-corrected chi connectivity index (χ0v) is 11.8. The molecule has 1 aliphatic heterocycles. The van der Waals surface area contributed by atoms with E-state index in [1.807, 2.05) is 0 Å². The van der Waals surface area contributed by atoms with Crippen LogP contribution < -0.4 is 5.32 Å². The Bertz CT molecular complexity index is 271. The lowest BCUT2D eigenvalue weighted by Crippen LogP contribution is -2.59.